The van der Waals surface area contributed by atoms with Crippen molar-refractivity contribution in [3.63, 3.8) is 0 Å². The zero-order valence-electron chi connectivity index (χ0n) is 19.0. The Morgan fingerprint density at radius 2 is 2.09 bits per heavy atom. The fourth-order valence-electron chi connectivity index (χ4n) is 4.05. The Labute approximate surface area is 194 Å². The summed E-state index contributed by atoms with van der Waals surface area (Å²) in [7, 11) is 0. The van der Waals surface area contributed by atoms with E-state index >= 15 is 0 Å². The molecule has 0 N–H and O–H groups in total. The van der Waals surface area contributed by atoms with Gasteiger partial charge in [0.25, 0.3) is 0 Å². The van der Waals surface area contributed by atoms with Crippen molar-refractivity contribution in [2.45, 2.75) is 46.6 Å². The molecule has 3 heterocycles. The van der Waals surface area contributed by atoms with Crippen molar-refractivity contribution >= 4 is 11.6 Å². The van der Waals surface area contributed by atoms with Crippen molar-refractivity contribution in [2.24, 2.45) is 5.92 Å². The summed E-state index contributed by atoms with van der Waals surface area (Å²) in [4.78, 5) is 17.7. The second kappa shape index (κ2) is 9.37. The lowest BCUT2D eigenvalue weighted by Crippen LogP contribution is -2.24. The van der Waals surface area contributed by atoms with Crippen LogP contribution in [0, 0.1) is 12.8 Å². The quantitative estimate of drug-likeness (QED) is 0.411. The summed E-state index contributed by atoms with van der Waals surface area (Å²) < 4.78 is 14.3. The highest BCUT2D eigenvalue weighted by Crippen LogP contribution is 2.42. The molecular formula is C26H29ClN2O3. The molecule has 1 aliphatic rings. The molecule has 1 atom stereocenters. The maximum atomic E-state index is 13.2. The van der Waals surface area contributed by atoms with Crippen molar-refractivity contribution in [3.05, 3.63) is 63.5 Å². The van der Waals surface area contributed by atoms with Gasteiger partial charge in [0, 0.05) is 30.1 Å². The fourth-order valence-corrected chi connectivity index (χ4v) is 4.26. The number of fused-ring (bicyclic) bond motifs is 3. The normalized spacial score (nSPS) is 15.0. The van der Waals surface area contributed by atoms with Crippen LogP contribution in [0.3, 0.4) is 0 Å². The van der Waals surface area contributed by atoms with Crippen molar-refractivity contribution < 1.29 is 9.47 Å². The van der Waals surface area contributed by atoms with Crippen LogP contribution in [-0.4, -0.2) is 22.8 Å². The Morgan fingerprint density at radius 3 is 2.81 bits per heavy atom. The molecule has 1 aromatic carbocycles. The Bertz CT molecular complexity index is 1190. The Hall–Kier alpha value is -2.79. The maximum Gasteiger partial charge on any atom is 0.191 e. The second-order valence-electron chi connectivity index (χ2n) is 8.62. The average Bonchev–Trinajstić information content (AvgIpc) is 2.90. The van der Waals surface area contributed by atoms with Gasteiger partial charge in [0.05, 0.1) is 34.6 Å². The summed E-state index contributed by atoms with van der Waals surface area (Å²) in [5, 5.41) is 0.509. The van der Waals surface area contributed by atoms with Crippen molar-refractivity contribution in [2.75, 3.05) is 13.2 Å². The van der Waals surface area contributed by atoms with Crippen LogP contribution in [0.5, 0.6) is 11.5 Å². The predicted molar refractivity (Wildman–Crippen MR) is 129 cm³/mol. The molecule has 0 fully saturated rings. The van der Waals surface area contributed by atoms with Gasteiger partial charge >= 0.3 is 0 Å². The third-order valence-corrected chi connectivity index (χ3v) is 6.24. The van der Waals surface area contributed by atoms with Crippen LogP contribution in [0.4, 0.5) is 0 Å². The first-order chi connectivity index (χ1) is 15.4. The highest BCUT2D eigenvalue weighted by atomic mass is 35.5. The van der Waals surface area contributed by atoms with Gasteiger partial charge in [-0.05, 0) is 37.0 Å². The number of halogens is 1. The molecule has 0 amide bonds. The largest absolute Gasteiger partial charge is 0.492 e. The first kappa shape index (κ1) is 22.4. The number of aryl methyl sites for hydroxylation is 1. The molecule has 6 heteroatoms. The number of pyridine rings is 2. The van der Waals surface area contributed by atoms with E-state index in [2.05, 4.69) is 30.3 Å². The molecule has 0 radical (unpaired) electrons. The molecule has 0 saturated heterocycles. The van der Waals surface area contributed by atoms with Gasteiger partial charge in [-0.1, -0.05) is 44.9 Å². The van der Waals surface area contributed by atoms with E-state index in [-0.39, 0.29) is 11.5 Å². The van der Waals surface area contributed by atoms with E-state index in [1.807, 2.05) is 37.4 Å². The first-order valence-electron chi connectivity index (χ1n) is 11.2. The lowest BCUT2D eigenvalue weighted by atomic mass is 10.0. The number of hydrogen-bond acceptors (Lipinski definition) is 4. The monoisotopic (exact) mass is 452 g/mol. The topological polar surface area (TPSA) is 53.3 Å². The van der Waals surface area contributed by atoms with E-state index in [9.17, 15) is 4.79 Å². The molecule has 0 spiro atoms. The lowest BCUT2D eigenvalue weighted by molar-refractivity contribution is 0.219. The maximum absolute atomic E-state index is 13.2. The Kier molecular flexibility index (Phi) is 6.56. The third-order valence-electron chi connectivity index (χ3n) is 5.95. The molecule has 1 aliphatic heterocycles. The number of unbranched alkanes of at least 4 members (excludes halogenated alkanes) is 1. The highest BCUT2D eigenvalue weighted by Gasteiger charge is 2.27. The molecule has 0 aliphatic carbocycles. The van der Waals surface area contributed by atoms with Crippen LogP contribution in [0.15, 0.2) is 47.5 Å². The minimum absolute atomic E-state index is 0.0454. The van der Waals surface area contributed by atoms with E-state index in [4.69, 9.17) is 21.1 Å². The summed E-state index contributed by atoms with van der Waals surface area (Å²) in [5.41, 5.74) is 3.77. The number of rotatable bonds is 6. The molecule has 0 saturated carbocycles. The minimum atomic E-state index is -0.0761. The van der Waals surface area contributed by atoms with Gasteiger partial charge in [-0.3, -0.25) is 9.78 Å². The minimum Gasteiger partial charge on any atom is -0.492 e. The number of aromatic nitrogens is 2. The van der Waals surface area contributed by atoms with Crippen LogP contribution in [0.1, 0.15) is 45.2 Å². The first-order valence-corrected chi connectivity index (χ1v) is 11.6. The Morgan fingerprint density at radius 1 is 1.28 bits per heavy atom. The summed E-state index contributed by atoms with van der Waals surface area (Å²) >= 11 is 6.57. The fraction of sp³-hybridized carbons (Fsp3) is 0.385. The van der Waals surface area contributed by atoms with E-state index in [1.54, 1.807) is 12.3 Å². The van der Waals surface area contributed by atoms with E-state index in [0.29, 0.717) is 46.9 Å². The van der Waals surface area contributed by atoms with Gasteiger partial charge in [0.2, 0.25) is 0 Å². The molecule has 0 unspecified atom stereocenters. The average molecular weight is 453 g/mol. The smallest absolute Gasteiger partial charge is 0.191 e. The Balaban J connectivity index is 1.88. The van der Waals surface area contributed by atoms with Gasteiger partial charge in [-0.25, -0.2) is 0 Å². The summed E-state index contributed by atoms with van der Waals surface area (Å²) in [6, 6.07) is 9.27. The molecule has 32 heavy (non-hydrogen) atoms. The number of nitrogens with zero attached hydrogens (tertiary/aromatic N) is 2. The van der Waals surface area contributed by atoms with Gasteiger partial charge in [-0.2, -0.15) is 0 Å². The van der Waals surface area contributed by atoms with Gasteiger partial charge < -0.3 is 14.0 Å². The standard InChI is InChI=1S/C26H29ClN2O3/c1-5-6-10-31-25-13-24-18(11-20(25)27)21-12-23(30)19(26-17(4)8-7-9-28-26)14-29(21)22(15-32-24)16(2)3/h7-9,11-14,16,22H,5-6,10,15H2,1-4H3/t22-/m0/s1. The zero-order chi connectivity index (χ0) is 22.8. The molecular weight excluding hydrogens is 424 g/mol. The molecule has 5 nitrogen and oxygen atoms in total. The summed E-state index contributed by atoms with van der Waals surface area (Å²) in [6.45, 7) is 9.49. The van der Waals surface area contributed by atoms with Crippen LogP contribution in [-0.2, 0) is 0 Å². The number of hydrogen-bond donors (Lipinski definition) is 0. The summed E-state index contributed by atoms with van der Waals surface area (Å²) in [5.74, 6) is 1.58. The third kappa shape index (κ3) is 4.26. The van der Waals surface area contributed by atoms with Gasteiger partial charge in [0.15, 0.2) is 5.43 Å². The van der Waals surface area contributed by atoms with E-state index < -0.39 is 0 Å². The van der Waals surface area contributed by atoms with Gasteiger partial charge in [-0.15, -0.1) is 0 Å². The summed E-state index contributed by atoms with van der Waals surface area (Å²) in [6.07, 6.45) is 5.65. The number of benzene rings is 1. The molecule has 2 aromatic heterocycles. The molecule has 168 valence electrons. The van der Waals surface area contributed by atoms with Crippen LogP contribution in [0.25, 0.3) is 22.5 Å². The SMILES string of the molecule is CCCCOc1cc2c(cc1Cl)-c1cc(=O)c(-c3ncccc3C)cn1[C@H](C(C)C)CO2. The lowest BCUT2D eigenvalue weighted by Gasteiger charge is -2.25. The van der Waals surface area contributed by atoms with Crippen LogP contribution in [0.2, 0.25) is 5.02 Å². The van der Waals surface area contributed by atoms with Crippen molar-refractivity contribution in [3.8, 4) is 34.0 Å². The molecule has 3 aromatic rings. The van der Waals surface area contributed by atoms with E-state index in [1.165, 1.54) is 0 Å². The van der Waals surface area contributed by atoms with Crippen LogP contribution >= 0.6 is 11.6 Å². The molecule has 0 bridgehead atoms. The van der Waals surface area contributed by atoms with Gasteiger partial charge in [0.1, 0.15) is 18.1 Å². The second-order valence-corrected chi connectivity index (χ2v) is 9.02. The predicted octanol–water partition coefficient (Wildman–Crippen LogP) is 6.31. The zero-order valence-corrected chi connectivity index (χ0v) is 19.8. The van der Waals surface area contributed by atoms with Crippen molar-refractivity contribution in [1.29, 1.82) is 0 Å². The number of ether oxygens (including phenoxy) is 2. The van der Waals surface area contributed by atoms with Crippen molar-refractivity contribution in [1.82, 2.24) is 9.55 Å². The molecule has 4 rings (SSSR count). The highest BCUT2D eigenvalue weighted by molar-refractivity contribution is 6.32. The van der Waals surface area contributed by atoms with Crippen LogP contribution < -0.4 is 14.9 Å². The van der Waals surface area contributed by atoms with E-state index in [0.717, 1.165) is 29.7 Å².